The van der Waals surface area contributed by atoms with Crippen molar-refractivity contribution in [2.75, 3.05) is 7.05 Å². The predicted octanol–water partition coefficient (Wildman–Crippen LogP) is 3.99. The van der Waals surface area contributed by atoms with Gasteiger partial charge in [0.2, 0.25) is 0 Å². The van der Waals surface area contributed by atoms with Crippen molar-refractivity contribution < 1.29 is 4.42 Å². The Morgan fingerprint density at radius 1 is 1.12 bits per heavy atom. The summed E-state index contributed by atoms with van der Waals surface area (Å²) in [6.07, 6.45) is 0. The van der Waals surface area contributed by atoms with Gasteiger partial charge in [0.1, 0.15) is 11.5 Å². The molecule has 0 saturated heterocycles. The number of furan rings is 1. The van der Waals surface area contributed by atoms with Crippen molar-refractivity contribution in [3.8, 4) is 11.3 Å². The molecule has 1 aromatic carbocycles. The third-order valence-electron chi connectivity index (χ3n) is 2.62. The second-order valence-electron chi connectivity index (χ2n) is 3.72. The standard InChI is InChI=1S/C13H14BrNO/c1-9(15-2)12-7-8-13(16-12)10-3-5-11(14)6-4-10/h3-9,15H,1-2H3. The van der Waals surface area contributed by atoms with E-state index in [0.717, 1.165) is 21.6 Å². The van der Waals surface area contributed by atoms with Gasteiger partial charge in [0.15, 0.2) is 0 Å². The van der Waals surface area contributed by atoms with Gasteiger partial charge in [-0.15, -0.1) is 0 Å². The highest BCUT2D eigenvalue weighted by Gasteiger charge is 2.09. The maximum atomic E-state index is 5.78. The summed E-state index contributed by atoms with van der Waals surface area (Å²) >= 11 is 3.42. The van der Waals surface area contributed by atoms with E-state index in [2.05, 4.69) is 28.2 Å². The van der Waals surface area contributed by atoms with Gasteiger partial charge in [0.05, 0.1) is 6.04 Å². The van der Waals surface area contributed by atoms with E-state index in [1.165, 1.54) is 0 Å². The van der Waals surface area contributed by atoms with Gasteiger partial charge in [-0.3, -0.25) is 0 Å². The minimum absolute atomic E-state index is 0.240. The van der Waals surface area contributed by atoms with E-state index in [1.54, 1.807) is 0 Å². The first kappa shape index (κ1) is 11.4. The van der Waals surface area contributed by atoms with Crippen LogP contribution in [0.1, 0.15) is 18.7 Å². The molecule has 2 rings (SSSR count). The van der Waals surface area contributed by atoms with Crippen LogP contribution in [0.4, 0.5) is 0 Å². The highest BCUT2D eigenvalue weighted by molar-refractivity contribution is 9.10. The average molecular weight is 280 g/mol. The van der Waals surface area contributed by atoms with Crippen LogP contribution >= 0.6 is 15.9 Å². The van der Waals surface area contributed by atoms with Gasteiger partial charge in [-0.2, -0.15) is 0 Å². The van der Waals surface area contributed by atoms with Crippen molar-refractivity contribution in [3.63, 3.8) is 0 Å². The molecule has 3 heteroatoms. The van der Waals surface area contributed by atoms with Crippen LogP contribution in [-0.2, 0) is 0 Å². The number of hydrogen-bond acceptors (Lipinski definition) is 2. The van der Waals surface area contributed by atoms with Crippen molar-refractivity contribution in [1.29, 1.82) is 0 Å². The lowest BCUT2D eigenvalue weighted by molar-refractivity contribution is 0.458. The molecule has 1 N–H and O–H groups in total. The monoisotopic (exact) mass is 279 g/mol. The second kappa shape index (κ2) is 4.85. The molecule has 0 radical (unpaired) electrons. The summed E-state index contributed by atoms with van der Waals surface area (Å²) in [5.74, 6) is 1.87. The minimum atomic E-state index is 0.240. The van der Waals surface area contributed by atoms with Gasteiger partial charge in [-0.1, -0.05) is 28.1 Å². The summed E-state index contributed by atoms with van der Waals surface area (Å²) in [4.78, 5) is 0. The molecule has 84 valence electrons. The van der Waals surface area contributed by atoms with E-state index in [0.29, 0.717) is 0 Å². The van der Waals surface area contributed by atoms with Crippen LogP contribution in [0.5, 0.6) is 0 Å². The molecular formula is C13H14BrNO. The predicted molar refractivity (Wildman–Crippen MR) is 69.3 cm³/mol. The lowest BCUT2D eigenvalue weighted by Gasteiger charge is -2.05. The van der Waals surface area contributed by atoms with Crippen molar-refractivity contribution in [3.05, 3.63) is 46.6 Å². The number of halogens is 1. The molecule has 1 atom stereocenters. The Morgan fingerprint density at radius 2 is 1.81 bits per heavy atom. The van der Waals surface area contributed by atoms with E-state index in [-0.39, 0.29) is 6.04 Å². The largest absolute Gasteiger partial charge is 0.459 e. The average Bonchev–Trinajstić information content (AvgIpc) is 2.78. The summed E-state index contributed by atoms with van der Waals surface area (Å²) < 4.78 is 6.86. The number of hydrogen-bond donors (Lipinski definition) is 1. The van der Waals surface area contributed by atoms with Crippen molar-refractivity contribution in [1.82, 2.24) is 5.32 Å². The van der Waals surface area contributed by atoms with Gasteiger partial charge < -0.3 is 9.73 Å². The Hall–Kier alpha value is -1.06. The zero-order valence-electron chi connectivity index (χ0n) is 9.33. The Morgan fingerprint density at radius 3 is 2.44 bits per heavy atom. The van der Waals surface area contributed by atoms with Crippen LogP contribution in [-0.4, -0.2) is 7.05 Å². The molecule has 1 heterocycles. The molecule has 0 aliphatic heterocycles. The highest BCUT2D eigenvalue weighted by atomic mass is 79.9. The Labute approximate surface area is 104 Å². The van der Waals surface area contributed by atoms with E-state index >= 15 is 0 Å². The minimum Gasteiger partial charge on any atom is -0.459 e. The van der Waals surface area contributed by atoms with Gasteiger partial charge >= 0.3 is 0 Å². The van der Waals surface area contributed by atoms with E-state index in [1.807, 2.05) is 43.4 Å². The van der Waals surface area contributed by atoms with E-state index < -0.39 is 0 Å². The molecule has 0 amide bonds. The van der Waals surface area contributed by atoms with Crippen LogP contribution < -0.4 is 5.32 Å². The first-order valence-corrected chi connectivity index (χ1v) is 6.03. The molecule has 2 aromatic rings. The molecule has 1 aromatic heterocycles. The Balaban J connectivity index is 2.28. The number of nitrogens with one attached hydrogen (secondary N) is 1. The molecule has 0 bridgehead atoms. The highest BCUT2D eigenvalue weighted by Crippen LogP contribution is 2.26. The Kier molecular flexibility index (Phi) is 3.46. The Bertz CT molecular complexity index is 461. The molecular weight excluding hydrogens is 266 g/mol. The molecule has 0 aliphatic carbocycles. The summed E-state index contributed by atoms with van der Waals surface area (Å²) in [5.41, 5.74) is 1.10. The summed E-state index contributed by atoms with van der Waals surface area (Å²) in [5, 5.41) is 3.15. The normalized spacial score (nSPS) is 12.7. The second-order valence-corrected chi connectivity index (χ2v) is 4.63. The zero-order valence-corrected chi connectivity index (χ0v) is 10.9. The summed E-state index contributed by atoms with van der Waals surface area (Å²) in [7, 11) is 1.92. The summed E-state index contributed by atoms with van der Waals surface area (Å²) in [6.45, 7) is 2.07. The molecule has 0 fully saturated rings. The third kappa shape index (κ3) is 2.36. The van der Waals surface area contributed by atoms with Gasteiger partial charge in [0, 0.05) is 10.0 Å². The fourth-order valence-electron chi connectivity index (χ4n) is 1.50. The van der Waals surface area contributed by atoms with E-state index in [9.17, 15) is 0 Å². The number of rotatable bonds is 3. The fraction of sp³-hybridized carbons (Fsp3) is 0.231. The van der Waals surface area contributed by atoms with Crippen LogP contribution in [0.3, 0.4) is 0 Å². The molecule has 16 heavy (non-hydrogen) atoms. The van der Waals surface area contributed by atoms with Crippen LogP contribution in [0, 0.1) is 0 Å². The molecule has 2 nitrogen and oxygen atoms in total. The van der Waals surface area contributed by atoms with Crippen molar-refractivity contribution in [2.45, 2.75) is 13.0 Å². The van der Waals surface area contributed by atoms with Crippen molar-refractivity contribution in [2.24, 2.45) is 0 Å². The maximum absolute atomic E-state index is 5.78. The van der Waals surface area contributed by atoms with Gasteiger partial charge in [0.25, 0.3) is 0 Å². The first-order chi connectivity index (χ1) is 7.70. The molecule has 0 saturated carbocycles. The maximum Gasteiger partial charge on any atom is 0.134 e. The third-order valence-corrected chi connectivity index (χ3v) is 3.14. The van der Waals surface area contributed by atoms with Crippen molar-refractivity contribution >= 4 is 15.9 Å². The van der Waals surface area contributed by atoms with Crippen LogP contribution in [0.2, 0.25) is 0 Å². The fourth-order valence-corrected chi connectivity index (χ4v) is 1.76. The quantitative estimate of drug-likeness (QED) is 0.919. The lowest BCUT2D eigenvalue weighted by Crippen LogP contribution is -2.10. The van der Waals surface area contributed by atoms with Gasteiger partial charge in [-0.05, 0) is 38.2 Å². The lowest BCUT2D eigenvalue weighted by atomic mass is 10.2. The van der Waals surface area contributed by atoms with Crippen LogP contribution in [0.25, 0.3) is 11.3 Å². The SMILES string of the molecule is CNC(C)c1ccc(-c2ccc(Br)cc2)o1. The van der Waals surface area contributed by atoms with Crippen LogP contribution in [0.15, 0.2) is 45.3 Å². The van der Waals surface area contributed by atoms with E-state index in [4.69, 9.17) is 4.42 Å². The first-order valence-electron chi connectivity index (χ1n) is 5.23. The molecule has 0 spiro atoms. The summed E-state index contributed by atoms with van der Waals surface area (Å²) in [6, 6.07) is 12.4. The molecule has 1 unspecified atom stereocenters. The number of benzene rings is 1. The molecule has 0 aliphatic rings. The smallest absolute Gasteiger partial charge is 0.134 e. The zero-order chi connectivity index (χ0) is 11.5. The van der Waals surface area contributed by atoms with Gasteiger partial charge in [-0.25, -0.2) is 0 Å². The topological polar surface area (TPSA) is 25.2 Å².